The van der Waals surface area contributed by atoms with Gasteiger partial charge in [0.15, 0.2) is 0 Å². The second-order valence-corrected chi connectivity index (χ2v) is 7.70. The molecule has 0 amide bonds. The van der Waals surface area contributed by atoms with Gasteiger partial charge in [0.05, 0.1) is 0 Å². The van der Waals surface area contributed by atoms with E-state index in [4.69, 9.17) is 0 Å². The molecule has 0 atom stereocenters. The first-order valence-electron chi connectivity index (χ1n) is 9.26. The fraction of sp³-hybridized carbons (Fsp3) is 0.700. The van der Waals surface area contributed by atoms with Crippen molar-refractivity contribution in [2.75, 3.05) is 13.1 Å². The summed E-state index contributed by atoms with van der Waals surface area (Å²) in [5.74, 6) is 0.933. The minimum Gasteiger partial charge on any atom is -0.317 e. The van der Waals surface area contributed by atoms with E-state index in [1.807, 2.05) is 0 Å². The van der Waals surface area contributed by atoms with Gasteiger partial charge >= 0.3 is 0 Å². The summed E-state index contributed by atoms with van der Waals surface area (Å²) in [6.45, 7) is 4.84. The molecule has 2 aliphatic rings. The van der Waals surface area contributed by atoms with Crippen LogP contribution in [0, 0.1) is 5.92 Å². The van der Waals surface area contributed by atoms with Crippen LogP contribution in [-0.2, 0) is 6.42 Å². The Labute approximate surface area is 136 Å². The molecule has 0 spiro atoms. The zero-order valence-corrected chi connectivity index (χ0v) is 14.1. The van der Waals surface area contributed by atoms with Crippen molar-refractivity contribution in [2.45, 2.75) is 69.9 Å². The molecular formula is C20H32N2. The van der Waals surface area contributed by atoms with Crippen LogP contribution in [0.2, 0.25) is 0 Å². The molecule has 122 valence electrons. The largest absolute Gasteiger partial charge is 0.317 e. The number of aryl methyl sites for hydroxylation is 1. The van der Waals surface area contributed by atoms with Crippen LogP contribution < -0.4 is 10.6 Å². The summed E-state index contributed by atoms with van der Waals surface area (Å²) >= 11 is 0. The first-order chi connectivity index (χ1) is 10.7. The van der Waals surface area contributed by atoms with Gasteiger partial charge in [-0.25, -0.2) is 0 Å². The van der Waals surface area contributed by atoms with Crippen molar-refractivity contribution in [3.8, 4) is 0 Å². The van der Waals surface area contributed by atoms with Crippen LogP contribution in [0.5, 0.6) is 0 Å². The Morgan fingerprint density at radius 3 is 2.41 bits per heavy atom. The Bertz CT molecular complexity index is 428. The summed E-state index contributed by atoms with van der Waals surface area (Å²) < 4.78 is 0. The summed E-state index contributed by atoms with van der Waals surface area (Å²) in [6, 6.07) is 11.7. The summed E-state index contributed by atoms with van der Waals surface area (Å²) in [6.07, 6.45) is 10.7. The zero-order valence-electron chi connectivity index (χ0n) is 14.1. The third-order valence-corrected chi connectivity index (χ3v) is 5.78. The standard InChI is InChI=1S/C20H32N2/c1-20(22-19-11-15-21-16-12-19)13-9-18(10-14-20)8-7-17-5-3-2-4-6-17/h2-6,18-19,21-22H,7-16H2,1H3. The minimum absolute atomic E-state index is 0.394. The van der Waals surface area contributed by atoms with Crippen LogP contribution >= 0.6 is 0 Å². The van der Waals surface area contributed by atoms with Crippen molar-refractivity contribution >= 4 is 0 Å². The lowest BCUT2D eigenvalue weighted by molar-refractivity contribution is 0.171. The molecule has 2 N–H and O–H groups in total. The van der Waals surface area contributed by atoms with Crippen molar-refractivity contribution < 1.29 is 0 Å². The molecule has 1 saturated carbocycles. The molecule has 0 bridgehead atoms. The highest BCUT2D eigenvalue weighted by molar-refractivity contribution is 5.14. The molecule has 0 radical (unpaired) electrons. The van der Waals surface area contributed by atoms with Crippen molar-refractivity contribution in [1.82, 2.24) is 10.6 Å². The number of nitrogens with one attached hydrogen (secondary N) is 2. The van der Waals surface area contributed by atoms with Crippen molar-refractivity contribution in [1.29, 1.82) is 0 Å². The van der Waals surface area contributed by atoms with Gasteiger partial charge in [-0.1, -0.05) is 30.3 Å². The number of benzene rings is 1. The quantitative estimate of drug-likeness (QED) is 0.861. The number of rotatable bonds is 5. The molecule has 0 aromatic heterocycles. The molecule has 1 aromatic rings. The van der Waals surface area contributed by atoms with E-state index in [0.29, 0.717) is 5.54 Å². The van der Waals surface area contributed by atoms with Gasteiger partial charge in [-0.15, -0.1) is 0 Å². The lowest BCUT2D eigenvalue weighted by Gasteiger charge is -2.42. The molecule has 2 nitrogen and oxygen atoms in total. The fourth-order valence-electron chi connectivity index (χ4n) is 4.22. The SMILES string of the molecule is CC1(NC2CCNCC2)CCC(CCc2ccccc2)CC1. The highest BCUT2D eigenvalue weighted by Crippen LogP contribution is 2.35. The monoisotopic (exact) mass is 300 g/mol. The summed E-state index contributed by atoms with van der Waals surface area (Å²) in [4.78, 5) is 0. The molecule has 1 aromatic carbocycles. The molecule has 1 aliphatic carbocycles. The van der Waals surface area contributed by atoms with Gasteiger partial charge in [0.25, 0.3) is 0 Å². The summed E-state index contributed by atoms with van der Waals surface area (Å²) in [5, 5.41) is 7.45. The number of hydrogen-bond donors (Lipinski definition) is 2. The molecule has 2 fully saturated rings. The van der Waals surface area contributed by atoms with E-state index >= 15 is 0 Å². The number of piperidine rings is 1. The van der Waals surface area contributed by atoms with E-state index in [1.54, 1.807) is 0 Å². The first-order valence-corrected chi connectivity index (χ1v) is 9.26. The maximum absolute atomic E-state index is 3.99. The van der Waals surface area contributed by atoms with Gasteiger partial charge < -0.3 is 10.6 Å². The van der Waals surface area contributed by atoms with Crippen LogP contribution in [0.25, 0.3) is 0 Å². The maximum Gasteiger partial charge on any atom is 0.0156 e. The number of hydrogen-bond acceptors (Lipinski definition) is 2. The molecule has 22 heavy (non-hydrogen) atoms. The van der Waals surface area contributed by atoms with Gasteiger partial charge in [0.2, 0.25) is 0 Å². The van der Waals surface area contributed by atoms with E-state index in [-0.39, 0.29) is 0 Å². The van der Waals surface area contributed by atoms with Gasteiger partial charge in [0.1, 0.15) is 0 Å². The average Bonchev–Trinajstić information content (AvgIpc) is 2.56. The first kappa shape index (κ1) is 16.0. The lowest BCUT2D eigenvalue weighted by Crippen LogP contribution is -2.53. The smallest absolute Gasteiger partial charge is 0.0156 e. The highest BCUT2D eigenvalue weighted by Gasteiger charge is 2.32. The van der Waals surface area contributed by atoms with Crippen LogP contribution in [0.1, 0.15) is 57.4 Å². The Kier molecular flexibility index (Phi) is 5.54. The minimum atomic E-state index is 0.394. The molecule has 2 heteroatoms. The van der Waals surface area contributed by atoms with Gasteiger partial charge in [-0.3, -0.25) is 0 Å². The molecule has 3 rings (SSSR count). The topological polar surface area (TPSA) is 24.1 Å². The lowest BCUT2D eigenvalue weighted by atomic mass is 9.75. The Morgan fingerprint density at radius 1 is 1.05 bits per heavy atom. The van der Waals surface area contributed by atoms with Gasteiger partial charge in [-0.05, 0) is 82.9 Å². The Balaban J connectivity index is 1.41. The van der Waals surface area contributed by atoms with E-state index in [1.165, 1.54) is 70.0 Å². The van der Waals surface area contributed by atoms with Crippen LogP contribution in [-0.4, -0.2) is 24.7 Å². The third kappa shape index (κ3) is 4.57. The molecule has 1 heterocycles. The zero-order chi connectivity index (χ0) is 15.3. The highest BCUT2D eigenvalue weighted by atomic mass is 15.0. The van der Waals surface area contributed by atoms with E-state index in [2.05, 4.69) is 47.9 Å². The van der Waals surface area contributed by atoms with Crippen molar-refractivity contribution in [3.63, 3.8) is 0 Å². The second-order valence-electron chi connectivity index (χ2n) is 7.70. The molecule has 0 unspecified atom stereocenters. The second kappa shape index (κ2) is 7.61. The van der Waals surface area contributed by atoms with E-state index < -0.39 is 0 Å². The third-order valence-electron chi connectivity index (χ3n) is 5.78. The predicted octanol–water partition coefficient (Wildman–Crippen LogP) is 3.91. The summed E-state index contributed by atoms with van der Waals surface area (Å²) in [7, 11) is 0. The van der Waals surface area contributed by atoms with E-state index in [0.717, 1.165) is 12.0 Å². The van der Waals surface area contributed by atoms with Crippen LogP contribution in [0.15, 0.2) is 30.3 Å². The van der Waals surface area contributed by atoms with E-state index in [9.17, 15) is 0 Å². The van der Waals surface area contributed by atoms with Gasteiger partial charge in [-0.2, -0.15) is 0 Å². The van der Waals surface area contributed by atoms with Crippen LogP contribution in [0.3, 0.4) is 0 Å². The molecule has 1 aliphatic heterocycles. The fourth-order valence-corrected chi connectivity index (χ4v) is 4.22. The Morgan fingerprint density at radius 2 is 1.73 bits per heavy atom. The predicted molar refractivity (Wildman–Crippen MR) is 94.2 cm³/mol. The van der Waals surface area contributed by atoms with Gasteiger partial charge in [0, 0.05) is 11.6 Å². The van der Waals surface area contributed by atoms with Crippen molar-refractivity contribution in [2.24, 2.45) is 5.92 Å². The van der Waals surface area contributed by atoms with Crippen molar-refractivity contribution in [3.05, 3.63) is 35.9 Å². The van der Waals surface area contributed by atoms with Crippen LogP contribution in [0.4, 0.5) is 0 Å². The molecular weight excluding hydrogens is 268 g/mol. The maximum atomic E-state index is 3.99. The Hall–Kier alpha value is -0.860. The normalized spacial score (nSPS) is 30.3. The summed E-state index contributed by atoms with van der Waals surface area (Å²) in [5.41, 5.74) is 1.90. The molecule has 1 saturated heterocycles. The average molecular weight is 300 g/mol.